The van der Waals surface area contributed by atoms with E-state index in [9.17, 15) is 9.18 Å². The summed E-state index contributed by atoms with van der Waals surface area (Å²) in [6.45, 7) is 0. The van der Waals surface area contributed by atoms with Crippen molar-refractivity contribution < 1.29 is 19.0 Å². The maximum atomic E-state index is 14.8. The van der Waals surface area contributed by atoms with Gasteiger partial charge in [-0.05, 0) is 90.9 Å². The molecule has 0 aliphatic heterocycles. The molecule has 0 aromatic heterocycles. The van der Waals surface area contributed by atoms with Gasteiger partial charge in [0.25, 0.3) is 0 Å². The molecule has 0 atom stereocenters. The Labute approximate surface area is 192 Å². The predicted molar refractivity (Wildman–Crippen MR) is 126 cm³/mol. The van der Waals surface area contributed by atoms with Gasteiger partial charge in [0.2, 0.25) is 0 Å². The van der Waals surface area contributed by atoms with E-state index >= 15 is 0 Å². The zero-order chi connectivity index (χ0) is 22.5. The van der Waals surface area contributed by atoms with Crippen molar-refractivity contribution in [2.75, 3.05) is 11.8 Å². The third-order valence-corrected chi connectivity index (χ3v) is 7.02. The van der Waals surface area contributed by atoms with Gasteiger partial charge in [0.15, 0.2) is 0 Å². The van der Waals surface area contributed by atoms with Gasteiger partial charge in [-0.3, -0.25) is 0 Å². The van der Waals surface area contributed by atoms with Crippen LogP contribution in [0.2, 0.25) is 0 Å². The van der Waals surface area contributed by atoms with Crippen molar-refractivity contribution >= 4 is 23.6 Å². The van der Waals surface area contributed by atoms with E-state index in [2.05, 4.69) is 29.0 Å². The Morgan fingerprint density at radius 1 is 0.969 bits per heavy atom. The minimum Gasteiger partial charge on any atom is -0.495 e. The van der Waals surface area contributed by atoms with Gasteiger partial charge in [-0.15, -0.1) is 0 Å². The fourth-order valence-corrected chi connectivity index (χ4v) is 5.04. The van der Waals surface area contributed by atoms with Crippen molar-refractivity contribution in [1.82, 2.24) is 0 Å². The summed E-state index contributed by atoms with van der Waals surface area (Å²) in [7, 11) is 1.47. The zero-order valence-electron chi connectivity index (χ0n) is 17.9. The van der Waals surface area contributed by atoms with Crippen LogP contribution in [0.5, 0.6) is 5.75 Å². The summed E-state index contributed by atoms with van der Waals surface area (Å²) in [6, 6.07) is 20.7. The molecule has 1 fully saturated rings. The molecule has 3 aromatic rings. The molecule has 1 saturated carbocycles. The van der Waals surface area contributed by atoms with Crippen LogP contribution in [0.15, 0.2) is 71.6 Å². The summed E-state index contributed by atoms with van der Waals surface area (Å²) in [5.74, 6) is 0.0943. The van der Waals surface area contributed by atoms with Crippen LogP contribution in [-0.2, 0) is 0 Å². The molecule has 0 unspecified atom stereocenters. The van der Waals surface area contributed by atoms with Crippen LogP contribution >= 0.6 is 11.9 Å². The lowest BCUT2D eigenvalue weighted by atomic mass is 9.76. The zero-order valence-corrected chi connectivity index (χ0v) is 18.7. The molecule has 6 heteroatoms. The molecule has 1 aliphatic rings. The SMILES string of the molecule is COc1cc(C(=O)O)ccc1NSc1ccc(C2CCC(c3ccccc3)CC2)cc1F. The molecule has 1 aliphatic carbocycles. The number of carbonyl (C=O) groups is 1. The summed E-state index contributed by atoms with van der Waals surface area (Å²) in [4.78, 5) is 11.6. The first kappa shape index (κ1) is 22.2. The van der Waals surface area contributed by atoms with E-state index in [0.29, 0.717) is 28.2 Å². The lowest BCUT2D eigenvalue weighted by Crippen LogP contribution is -2.12. The standard InChI is InChI=1S/C26H26FNO3S/c1-31-24-16-21(26(29)30)11-13-23(24)28-32-25-14-12-20(15-22(25)27)19-9-7-18(8-10-19)17-5-3-2-4-6-17/h2-6,11-16,18-19,28H,7-10H2,1H3,(H,29,30). The van der Waals surface area contributed by atoms with Crippen LogP contribution in [-0.4, -0.2) is 18.2 Å². The fraction of sp³-hybridized carbons (Fsp3) is 0.269. The Bertz CT molecular complexity index is 1080. The van der Waals surface area contributed by atoms with Crippen LogP contribution in [0.4, 0.5) is 10.1 Å². The number of benzene rings is 3. The summed E-state index contributed by atoms with van der Waals surface area (Å²) in [6.07, 6.45) is 4.38. The molecule has 32 heavy (non-hydrogen) atoms. The molecular weight excluding hydrogens is 425 g/mol. The van der Waals surface area contributed by atoms with Crippen molar-refractivity contribution in [2.24, 2.45) is 0 Å². The summed E-state index contributed by atoms with van der Waals surface area (Å²) in [5.41, 5.74) is 3.18. The van der Waals surface area contributed by atoms with E-state index in [4.69, 9.17) is 9.84 Å². The predicted octanol–water partition coefficient (Wildman–Crippen LogP) is 7.09. The lowest BCUT2D eigenvalue weighted by Gasteiger charge is -2.29. The molecule has 2 N–H and O–H groups in total. The van der Waals surface area contributed by atoms with E-state index < -0.39 is 5.97 Å². The van der Waals surface area contributed by atoms with Gasteiger partial charge in [-0.25, -0.2) is 9.18 Å². The first-order valence-corrected chi connectivity index (χ1v) is 11.6. The second-order valence-electron chi connectivity index (χ2n) is 8.07. The highest BCUT2D eigenvalue weighted by molar-refractivity contribution is 8.00. The smallest absolute Gasteiger partial charge is 0.335 e. The molecule has 4 rings (SSSR count). The number of nitrogens with one attached hydrogen (secondary N) is 1. The van der Waals surface area contributed by atoms with E-state index in [1.54, 1.807) is 12.1 Å². The average Bonchev–Trinajstić information content (AvgIpc) is 2.83. The summed E-state index contributed by atoms with van der Waals surface area (Å²) >= 11 is 1.14. The summed E-state index contributed by atoms with van der Waals surface area (Å²) in [5, 5.41) is 9.12. The van der Waals surface area contributed by atoms with Crippen molar-refractivity contribution in [3.8, 4) is 5.75 Å². The molecule has 166 valence electrons. The Balaban J connectivity index is 1.38. The van der Waals surface area contributed by atoms with Gasteiger partial charge < -0.3 is 14.6 Å². The Morgan fingerprint density at radius 3 is 2.28 bits per heavy atom. The van der Waals surface area contributed by atoms with E-state index in [0.717, 1.165) is 43.2 Å². The Morgan fingerprint density at radius 2 is 1.66 bits per heavy atom. The number of methoxy groups -OCH3 is 1. The fourth-order valence-electron chi connectivity index (χ4n) is 4.36. The Kier molecular flexibility index (Phi) is 7.00. The first-order chi connectivity index (χ1) is 15.5. The van der Waals surface area contributed by atoms with E-state index in [-0.39, 0.29) is 11.4 Å². The number of rotatable bonds is 7. The number of hydrogen-bond donors (Lipinski definition) is 2. The van der Waals surface area contributed by atoms with Crippen LogP contribution in [0.25, 0.3) is 0 Å². The van der Waals surface area contributed by atoms with Crippen LogP contribution in [0.3, 0.4) is 0 Å². The molecule has 0 bridgehead atoms. The normalized spacial score (nSPS) is 18.2. The monoisotopic (exact) mass is 451 g/mol. The number of aromatic carboxylic acids is 1. The molecule has 0 spiro atoms. The number of anilines is 1. The molecule has 0 radical (unpaired) electrons. The highest BCUT2D eigenvalue weighted by Gasteiger charge is 2.24. The first-order valence-electron chi connectivity index (χ1n) is 10.7. The second kappa shape index (κ2) is 10.1. The van der Waals surface area contributed by atoms with E-state index in [1.165, 1.54) is 24.8 Å². The maximum Gasteiger partial charge on any atom is 0.335 e. The van der Waals surface area contributed by atoms with Crippen LogP contribution < -0.4 is 9.46 Å². The molecule has 0 heterocycles. The summed E-state index contributed by atoms with van der Waals surface area (Å²) < 4.78 is 23.2. The van der Waals surface area contributed by atoms with Crippen molar-refractivity contribution in [2.45, 2.75) is 42.4 Å². The number of halogens is 1. The van der Waals surface area contributed by atoms with Gasteiger partial charge in [0, 0.05) is 0 Å². The second-order valence-corrected chi connectivity index (χ2v) is 8.92. The lowest BCUT2D eigenvalue weighted by molar-refractivity contribution is 0.0696. The van der Waals surface area contributed by atoms with Crippen molar-refractivity contribution in [1.29, 1.82) is 0 Å². The number of carboxylic acid groups (broad SMARTS) is 1. The Hall–Kier alpha value is -2.99. The molecule has 4 nitrogen and oxygen atoms in total. The van der Waals surface area contributed by atoms with Gasteiger partial charge in [-0.2, -0.15) is 0 Å². The molecule has 3 aromatic carbocycles. The van der Waals surface area contributed by atoms with Gasteiger partial charge in [0.05, 0.1) is 23.3 Å². The molecular formula is C26H26FNO3S. The van der Waals surface area contributed by atoms with Gasteiger partial charge in [-0.1, -0.05) is 36.4 Å². The highest BCUT2D eigenvalue weighted by atomic mass is 32.2. The minimum atomic E-state index is -1.03. The highest BCUT2D eigenvalue weighted by Crippen LogP contribution is 2.41. The molecule has 0 amide bonds. The van der Waals surface area contributed by atoms with Crippen LogP contribution in [0, 0.1) is 5.82 Å². The number of ether oxygens (including phenoxy) is 1. The minimum absolute atomic E-state index is 0.134. The topological polar surface area (TPSA) is 58.6 Å². The maximum absolute atomic E-state index is 14.8. The van der Waals surface area contributed by atoms with E-state index in [1.807, 2.05) is 18.2 Å². The average molecular weight is 452 g/mol. The van der Waals surface area contributed by atoms with Crippen molar-refractivity contribution in [3.05, 3.63) is 89.2 Å². The quantitative estimate of drug-likeness (QED) is 0.376. The largest absolute Gasteiger partial charge is 0.495 e. The van der Waals surface area contributed by atoms with Gasteiger partial charge >= 0.3 is 5.97 Å². The van der Waals surface area contributed by atoms with Crippen LogP contribution in [0.1, 0.15) is 59.0 Å². The third-order valence-electron chi connectivity index (χ3n) is 6.14. The number of hydrogen-bond acceptors (Lipinski definition) is 4. The number of carboxylic acids is 1. The van der Waals surface area contributed by atoms with Gasteiger partial charge in [0.1, 0.15) is 11.6 Å². The third kappa shape index (κ3) is 5.07. The van der Waals surface area contributed by atoms with Crippen molar-refractivity contribution in [3.63, 3.8) is 0 Å². The molecule has 0 saturated heterocycles.